The molecule has 182 valence electrons. The molecule has 1 heterocycles. The van der Waals surface area contributed by atoms with Crippen LogP contribution in [0.25, 0.3) is 11.1 Å². The zero-order valence-electron chi connectivity index (χ0n) is 20.0. The Morgan fingerprint density at radius 3 is 2.17 bits per heavy atom. The van der Waals surface area contributed by atoms with Gasteiger partial charge in [0, 0.05) is 11.5 Å². The molecule has 8 nitrogen and oxygen atoms in total. The second kappa shape index (κ2) is 9.50. The van der Waals surface area contributed by atoms with Crippen molar-refractivity contribution in [3.05, 3.63) is 70.2 Å². The maximum Gasteiger partial charge on any atom is 0.413 e. The minimum absolute atomic E-state index is 0.0697. The van der Waals surface area contributed by atoms with E-state index in [1.54, 1.807) is 27.7 Å². The monoisotopic (exact) mass is 493 g/mol. The first-order valence-electron chi connectivity index (χ1n) is 11.2. The lowest BCUT2D eigenvalue weighted by molar-refractivity contribution is -0.138. The smallest absolute Gasteiger partial charge is 0.413 e. The van der Waals surface area contributed by atoms with Crippen LogP contribution in [0.1, 0.15) is 53.2 Å². The maximum absolute atomic E-state index is 13.1. The molecule has 0 unspecified atom stereocenters. The molecular formula is C26H27N3O5S. The Labute approximate surface area is 207 Å². The van der Waals surface area contributed by atoms with Crippen molar-refractivity contribution in [3.8, 4) is 11.1 Å². The first-order valence-corrected chi connectivity index (χ1v) is 12.0. The average Bonchev–Trinajstić information content (AvgIpc) is 3.32. The Balaban J connectivity index is 1.45. The lowest BCUT2D eigenvalue weighted by atomic mass is 9.98. The molecule has 0 atom stereocenters. The van der Waals surface area contributed by atoms with Crippen LogP contribution in [0.2, 0.25) is 0 Å². The molecule has 2 amide bonds. The van der Waals surface area contributed by atoms with Gasteiger partial charge in [-0.3, -0.25) is 14.9 Å². The van der Waals surface area contributed by atoms with E-state index >= 15 is 0 Å². The second-order valence-corrected chi connectivity index (χ2v) is 10.3. The fraction of sp³-hybridized carbons (Fsp3) is 0.308. The largest absolute Gasteiger partial charge is 0.480 e. The van der Waals surface area contributed by atoms with Gasteiger partial charge in [0.25, 0.3) is 5.91 Å². The molecule has 3 aromatic rings. The van der Waals surface area contributed by atoms with Crippen LogP contribution in [0.5, 0.6) is 0 Å². The van der Waals surface area contributed by atoms with Gasteiger partial charge in [0.05, 0.1) is 5.69 Å². The molecule has 2 aromatic carbocycles. The summed E-state index contributed by atoms with van der Waals surface area (Å²) >= 11 is 0.996. The summed E-state index contributed by atoms with van der Waals surface area (Å²) in [5.74, 6) is -1.62. The summed E-state index contributed by atoms with van der Waals surface area (Å²) in [5, 5.41) is 12.1. The van der Waals surface area contributed by atoms with Crippen LogP contribution in [-0.4, -0.2) is 51.7 Å². The van der Waals surface area contributed by atoms with Crippen molar-refractivity contribution in [1.82, 2.24) is 9.88 Å². The third-order valence-corrected chi connectivity index (χ3v) is 6.95. The fourth-order valence-corrected chi connectivity index (χ4v) is 5.14. The molecule has 1 aromatic heterocycles. The summed E-state index contributed by atoms with van der Waals surface area (Å²) in [6.07, 6.45) is -0.669. The fourth-order valence-electron chi connectivity index (χ4n) is 4.24. The number of ether oxygens (including phenoxy) is 1. The van der Waals surface area contributed by atoms with Crippen molar-refractivity contribution in [2.24, 2.45) is 0 Å². The normalized spacial score (nSPS) is 12.6. The Hall–Kier alpha value is -3.72. The van der Waals surface area contributed by atoms with Gasteiger partial charge in [0.2, 0.25) is 0 Å². The van der Waals surface area contributed by atoms with Crippen LogP contribution in [0.15, 0.2) is 48.5 Å². The third-order valence-electron chi connectivity index (χ3n) is 5.89. The number of carboxylic acid groups (broad SMARTS) is 1. The number of carbonyl (C=O) groups is 3. The molecule has 1 aliphatic rings. The number of hydrogen-bond donors (Lipinski definition) is 2. The minimum atomic E-state index is -1.10. The van der Waals surface area contributed by atoms with Gasteiger partial charge in [-0.15, -0.1) is 0 Å². The molecule has 9 heteroatoms. The minimum Gasteiger partial charge on any atom is -0.480 e. The summed E-state index contributed by atoms with van der Waals surface area (Å²) in [4.78, 5) is 42.8. The summed E-state index contributed by atoms with van der Waals surface area (Å²) in [6, 6.07) is 16.1. The number of aliphatic carboxylic acids is 1. The van der Waals surface area contributed by atoms with E-state index in [0.29, 0.717) is 5.69 Å². The highest BCUT2D eigenvalue weighted by Gasteiger charge is 2.32. The van der Waals surface area contributed by atoms with Crippen molar-refractivity contribution < 1.29 is 24.2 Å². The van der Waals surface area contributed by atoms with Crippen LogP contribution < -0.4 is 5.32 Å². The van der Waals surface area contributed by atoms with Crippen LogP contribution in [0, 0.1) is 6.92 Å². The average molecular weight is 494 g/mol. The number of thiazole rings is 1. The summed E-state index contributed by atoms with van der Waals surface area (Å²) < 4.78 is 5.55. The highest BCUT2D eigenvalue weighted by Crippen LogP contribution is 2.44. The molecular weight excluding hydrogens is 466 g/mol. The molecule has 0 fully saturated rings. The van der Waals surface area contributed by atoms with Gasteiger partial charge < -0.3 is 14.7 Å². The number of carboxylic acids is 1. The van der Waals surface area contributed by atoms with Gasteiger partial charge in [-0.2, -0.15) is 0 Å². The number of benzene rings is 2. The highest BCUT2D eigenvalue weighted by atomic mass is 32.1. The number of fused-ring (bicyclic) bond motifs is 3. The first kappa shape index (κ1) is 24.4. The van der Waals surface area contributed by atoms with Gasteiger partial charge in [0.1, 0.15) is 18.0 Å². The molecule has 0 saturated heterocycles. The summed E-state index contributed by atoms with van der Waals surface area (Å²) in [5.41, 5.74) is 4.21. The quantitative estimate of drug-likeness (QED) is 0.492. The zero-order chi connectivity index (χ0) is 25.3. The summed E-state index contributed by atoms with van der Waals surface area (Å²) in [7, 11) is 0. The molecule has 0 aliphatic heterocycles. The number of aromatic nitrogens is 1. The van der Waals surface area contributed by atoms with E-state index in [4.69, 9.17) is 4.74 Å². The topological polar surface area (TPSA) is 109 Å². The lowest BCUT2D eigenvalue weighted by Gasteiger charge is -2.34. The van der Waals surface area contributed by atoms with Gasteiger partial charge in [-0.25, -0.2) is 9.78 Å². The van der Waals surface area contributed by atoms with E-state index in [0.717, 1.165) is 33.6 Å². The Kier molecular flexibility index (Phi) is 6.62. The third kappa shape index (κ3) is 5.05. The van der Waals surface area contributed by atoms with E-state index in [9.17, 15) is 19.5 Å². The maximum atomic E-state index is 13.1. The van der Waals surface area contributed by atoms with E-state index in [1.807, 2.05) is 36.4 Å². The van der Waals surface area contributed by atoms with E-state index in [2.05, 4.69) is 22.4 Å². The molecule has 0 saturated carbocycles. The van der Waals surface area contributed by atoms with Crippen LogP contribution >= 0.6 is 11.3 Å². The van der Waals surface area contributed by atoms with Crippen LogP contribution in [0.3, 0.4) is 0 Å². The molecule has 2 N–H and O–H groups in total. The van der Waals surface area contributed by atoms with Gasteiger partial charge in [-0.05, 0) is 49.9 Å². The van der Waals surface area contributed by atoms with Gasteiger partial charge >= 0.3 is 12.1 Å². The molecule has 0 radical (unpaired) electrons. The highest BCUT2D eigenvalue weighted by molar-refractivity contribution is 7.17. The lowest BCUT2D eigenvalue weighted by Crippen LogP contribution is -2.48. The number of nitrogens with zero attached hydrogens (tertiary/aromatic N) is 2. The predicted octanol–water partition coefficient (Wildman–Crippen LogP) is 5.14. The number of anilines is 1. The van der Waals surface area contributed by atoms with Crippen LogP contribution in [-0.2, 0) is 9.53 Å². The Morgan fingerprint density at radius 2 is 1.63 bits per heavy atom. The second-order valence-electron chi connectivity index (χ2n) is 9.34. The molecule has 35 heavy (non-hydrogen) atoms. The van der Waals surface area contributed by atoms with E-state index in [1.165, 1.54) is 4.90 Å². The molecule has 1 aliphatic carbocycles. The van der Waals surface area contributed by atoms with Crippen molar-refractivity contribution in [2.75, 3.05) is 18.5 Å². The first-order chi connectivity index (χ1) is 16.6. The zero-order valence-corrected chi connectivity index (χ0v) is 20.8. The SMILES string of the molecule is Cc1nc(NC(=O)OCC2c3ccccc3-c3ccccc32)sc1C(=O)N(CC(=O)O)C(C)(C)C. The summed E-state index contributed by atoms with van der Waals surface area (Å²) in [6.45, 7) is 6.66. The van der Waals surface area contributed by atoms with Gasteiger partial charge in [0.15, 0.2) is 5.13 Å². The van der Waals surface area contributed by atoms with Gasteiger partial charge in [-0.1, -0.05) is 59.9 Å². The van der Waals surface area contributed by atoms with E-state index < -0.39 is 30.1 Å². The Morgan fingerprint density at radius 1 is 1.06 bits per heavy atom. The van der Waals surface area contributed by atoms with Crippen molar-refractivity contribution in [1.29, 1.82) is 0 Å². The Bertz CT molecular complexity index is 1250. The van der Waals surface area contributed by atoms with Crippen LogP contribution in [0.4, 0.5) is 9.93 Å². The van der Waals surface area contributed by atoms with Crippen molar-refractivity contribution >= 4 is 34.4 Å². The number of nitrogens with one attached hydrogen (secondary N) is 1. The number of carbonyl (C=O) groups excluding carboxylic acids is 2. The standard InChI is InChI=1S/C26H27N3O5S/c1-15-22(23(32)29(13-21(30)31)26(2,3)4)35-24(27-15)28-25(33)34-14-20-18-11-7-5-9-16(18)17-10-6-8-12-19(17)20/h5-12,20H,13-14H2,1-4H3,(H,30,31)(H,27,28,33). The van der Waals surface area contributed by atoms with Crippen molar-refractivity contribution in [3.63, 3.8) is 0 Å². The number of rotatable bonds is 6. The number of aryl methyl sites for hydroxylation is 1. The molecule has 0 bridgehead atoms. The molecule has 0 spiro atoms. The number of hydrogen-bond acceptors (Lipinski definition) is 6. The number of amides is 2. The molecule has 4 rings (SSSR count). The van der Waals surface area contributed by atoms with E-state index in [-0.39, 0.29) is 22.5 Å². The predicted molar refractivity (Wildman–Crippen MR) is 134 cm³/mol. The van der Waals surface area contributed by atoms with Crippen molar-refractivity contribution in [2.45, 2.75) is 39.2 Å².